The third-order valence-electron chi connectivity index (χ3n) is 6.00. The van der Waals surface area contributed by atoms with Gasteiger partial charge in [-0.15, -0.1) is 12.4 Å². The summed E-state index contributed by atoms with van der Waals surface area (Å²) >= 11 is 0. The summed E-state index contributed by atoms with van der Waals surface area (Å²) in [6, 6.07) is 1.31. The van der Waals surface area contributed by atoms with E-state index in [4.69, 9.17) is 0 Å². The summed E-state index contributed by atoms with van der Waals surface area (Å²) < 4.78 is 0. The number of amides is 2. The van der Waals surface area contributed by atoms with Crippen LogP contribution in [0.1, 0.15) is 58.8 Å². The Morgan fingerprint density at radius 1 is 1.12 bits per heavy atom. The van der Waals surface area contributed by atoms with Gasteiger partial charge in [0.25, 0.3) is 0 Å². The Hall–Kier alpha value is -0.810. The van der Waals surface area contributed by atoms with Gasteiger partial charge in [-0.05, 0) is 50.4 Å². The molecule has 0 radical (unpaired) electrons. The first-order chi connectivity index (χ1) is 11.5. The van der Waals surface area contributed by atoms with Gasteiger partial charge in [-0.25, -0.2) is 0 Å². The molecule has 3 aliphatic rings. The third-order valence-corrected chi connectivity index (χ3v) is 6.00. The van der Waals surface area contributed by atoms with Gasteiger partial charge in [0.05, 0.1) is 0 Å². The summed E-state index contributed by atoms with van der Waals surface area (Å²) in [4.78, 5) is 26.5. The highest BCUT2D eigenvalue weighted by molar-refractivity contribution is 5.85. The fourth-order valence-corrected chi connectivity index (χ4v) is 4.63. The number of carbonyl (C=O) groups is 2. The maximum atomic E-state index is 12.7. The quantitative estimate of drug-likeness (QED) is 0.779. The Balaban J connectivity index is 0.00000225. The number of likely N-dealkylation sites (tertiary alicyclic amines) is 1. The van der Waals surface area contributed by atoms with Crippen molar-refractivity contribution in [1.29, 1.82) is 0 Å². The fraction of sp³-hybridized carbons (Fsp3) is 0.895. The van der Waals surface area contributed by atoms with Crippen molar-refractivity contribution < 1.29 is 9.59 Å². The van der Waals surface area contributed by atoms with Gasteiger partial charge in [-0.2, -0.15) is 0 Å². The van der Waals surface area contributed by atoms with Crippen LogP contribution in [-0.2, 0) is 9.59 Å². The second-order valence-corrected chi connectivity index (χ2v) is 8.43. The van der Waals surface area contributed by atoms with E-state index in [-0.39, 0.29) is 24.2 Å². The Labute approximate surface area is 158 Å². The van der Waals surface area contributed by atoms with Gasteiger partial charge in [0.1, 0.15) is 0 Å². The van der Waals surface area contributed by atoms with Crippen LogP contribution in [0, 0.1) is 17.8 Å². The first kappa shape index (κ1) is 20.5. The normalized spacial score (nSPS) is 31.6. The summed E-state index contributed by atoms with van der Waals surface area (Å²) in [7, 11) is 0. The van der Waals surface area contributed by atoms with Crippen LogP contribution in [0.15, 0.2) is 0 Å². The molecule has 0 spiro atoms. The van der Waals surface area contributed by atoms with Crippen LogP contribution >= 0.6 is 12.4 Å². The van der Waals surface area contributed by atoms with Gasteiger partial charge in [-0.3, -0.25) is 9.59 Å². The lowest BCUT2D eigenvalue weighted by atomic mass is 9.88. The minimum absolute atomic E-state index is 0. The maximum Gasteiger partial charge on any atom is 0.222 e. The number of nitrogens with zero attached hydrogens (tertiary/aromatic N) is 1. The van der Waals surface area contributed by atoms with Crippen molar-refractivity contribution in [2.75, 3.05) is 19.6 Å². The van der Waals surface area contributed by atoms with Crippen molar-refractivity contribution in [2.45, 2.75) is 70.9 Å². The summed E-state index contributed by atoms with van der Waals surface area (Å²) in [5.74, 6) is 1.46. The van der Waals surface area contributed by atoms with Gasteiger partial charge < -0.3 is 15.5 Å². The van der Waals surface area contributed by atoms with Crippen molar-refractivity contribution in [1.82, 2.24) is 15.5 Å². The summed E-state index contributed by atoms with van der Waals surface area (Å²) in [6.45, 7) is 6.25. The van der Waals surface area contributed by atoms with Gasteiger partial charge in [0, 0.05) is 44.1 Å². The van der Waals surface area contributed by atoms with Crippen molar-refractivity contribution in [3.8, 4) is 0 Å². The van der Waals surface area contributed by atoms with Crippen LogP contribution in [0.2, 0.25) is 0 Å². The lowest BCUT2D eigenvalue weighted by molar-refractivity contribution is -0.134. The molecule has 25 heavy (non-hydrogen) atoms. The molecule has 144 valence electrons. The molecule has 3 heterocycles. The first-order valence-corrected chi connectivity index (χ1v) is 9.82. The molecule has 0 aromatic rings. The van der Waals surface area contributed by atoms with Crippen LogP contribution in [0.5, 0.6) is 0 Å². The maximum absolute atomic E-state index is 12.7. The average molecular weight is 372 g/mol. The number of fused-ring (bicyclic) bond motifs is 2. The summed E-state index contributed by atoms with van der Waals surface area (Å²) in [6.07, 6.45) is 7.81. The van der Waals surface area contributed by atoms with E-state index in [2.05, 4.69) is 15.5 Å². The molecule has 5 nitrogen and oxygen atoms in total. The number of piperidine rings is 2. The zero-order chi connectivity index (χ0) is 17.1. The highest BCUT2D eigenvalue weighted by Gasteiger charge is 2.35. The second-order valence-electron chi connectivity index (χ2n) is 8.43. The molecule has 2 amide bonds. The number of carbonyl (C=O) groups excluding carboxylic acids is 2. The van der Waals surface area contributed by atoms with Crippen molar-refractivity contribution >= 4 is 24.2 Å². The molecule has 3 unspecified atom stereocenters. The summed E-state index contributed by atoms with van der Waals surface area (Å²) in [5.41, 5.74) is 0. The molecule has 6 heteroatoms. The molecule has 2 bridgehead atoms. The van der Waals surface area contributed by atoms with E-state index >= 15 is 0 Å². The lowest BCUT2D eigenvalue weighted by Gasteiger charge is -2.35. The molecular formula is C19H34ClN3O2. The minimum Gasteiger partial charge on any atom is -0.356 e. The van der Waals surface area contributed by atoms with E-state index in [1.54, 1.807) is 0 Å². The standard InChI is InChI=1S/C19H33N3O2.ClH/c1-13(2)19(24)20-11-14-4-3-7-22(12-14)18(23)10-15-8-16-5-6-17(9-15)21-16;/h13-17,21H,3-12H2,1-2H3,(H,20,24);1H. The average Bonchev–Trinajstić information content (AvgIpc) is 2.91. The molecule has 3 rings (SSSR count). The monoisotopic (exact) mass is 371 g/mol. The van der Waals surface area contributed by atoms with Gasteiger partial charge >= 0.3 is 0 Å². The molecule has 3 saturated heterocycles. The van der Waals surface area contributed by atoms with E-state index < -0.39 is 0 Å². The summed E-state index contributed by atoms with van der Waals surface area (Å²) in [5, 5.41) is 6.68. The van der Waals surface area contributed by atoms with Crippen LogP contribution in [-0.4, -0.2) is 48.4 Å². The number of rotatable bonds is 5. The zero-order valence-corrected chi connectivity index (χ0v) is 16.4. The number of halogens is 1. The SMILES string of the molecule is CC(C)C(=O)NCC1CCCN(C(=O)CC2CC3CCC(C2)N3)C1.Cl. The van der Waals surface area contributed by atoms with Crippen LogP contribution < -0.4 is 10.6 Å². The van der Waals surface area contributed by atoms with E-state index in [0.717, 1.165) is 32.4 Å². The predicted molar refractivity (Wildman–Crippen MR) is 102 cm³/mol. The van der Waals surface area contributed by atoms with Crippen LogP contribution in [0.25, 0.3) is 0 Å². The molecule has 0 aromatic carbocycles. The molecule has 3 atom stereocenters. The van der Waals surface area contributed by atoms with Crippen molar-refractivity contribution in [3.63, 3.8) is 0 Å². The highest BCUT2D eigenvalue weighted by atomic mass is 35.5. The van der Waals surface area contributed by atoms with E-state index in [1.165, 1.54) is 25.7 Å². The topological polar surface area (TPSA) is 61.4 Å². The largest absolute Gasteiger partial charge is 0.356 e. The molecular weight excluding hydrogens is 338 g/mol. The van der Waals surface area contributed by atoms with E-state index in [9.17, 15) is 9.59 Å². The Morgan fingerprint density at radius 3 is 2.44 bits per heavy atom. The van der Waals surface area contributed by atoms with E-state index in [0.29, 0.717) is 36.4 Å². The lowest BCUT2D eigenvalue weighted by Crippen LogP contribution is -2.45. The predicted octanol–water partition coefficient (Wildman–Crippen LogP) is 2.34. The molecule has 0 saturated carbocycles. The molecule has 2 N–H and O–H groups in total. The number of hydrogen-bond acceptors (Lipinski definition) is 3. The van der Waals surface area contributed by atoms with Gasteiger partial charge in [0.15, 0.2) is 0 Å². The number of nitrogens with one attached hydrogen (secondary N) is 2. The molecule has 3 aliphatic heterocycles. The smallest absolute Gasteiger partial charge is 0.222 e. The van der Waals surface area contributed by atoms with Gasteiger partial charge in [0.2, 0.25) is 11.8 Å². The third kappa shape index (κ3) is 5.58. The molecule has 3 fully saturated rings. The first-order valence-electron chi connectivity index (χ1n) is 9.82. The van der Waals surface area contributed by atoms with Gasteiger partial charge in [-0.1, -0.05) is 13.8 Å². The Bertz CT molecular complexity index is 460. The van der Waals surface area contributed by atoms with E-state index in [1.807, 2.05) is 13.8 Å². The second kappa shape index (κ2) is 9.22. The highest BCUT2D eigenvalue weighted by Crippen LogP contribution is 2.33. The van der Waals surface area contributed by atoms with Crippen LogP contribution in [0.4, 0.5) is 0 Å². The molecule has 0 aromatic heterocycles. The van der Waals surface area contributed by atoms with Crippen molar-refractivity contribution in [3.05, 3.63) is 0 Å². The zero-order valence-electron chi connectivity index (χ0n) is 15.6. The Morgan fingerprint density at radius 2 is 1.80 bits per heavy atom. The van der Waals surface area contributed by atoms with Crippen LogP contribution in [0.3, 0.4) is 0 Å². The Kier molecular flexibility index (Phi) is 7.56. The molecule has 0 aliphatic carbocycles. The fourth-order valence-electron chi connectivity index (χ4n) is 4.63. The minimum atomic E-state index is 0. The van der Waals surface area contributed by atoms with Crippen molar-refractivity contribution in [2.24, 2.45) is 17.8 Å². The number of hydrogen-bond donors (Lipinski definition) is 2.